The highest BCUT2D eigenvalue weighted by atomic mass is 16.5. The average molecular weight is 446 g/mol. The molecule has 3 aromatic rings. The third-order valence-electron chi connectivity index (χ3n) is 6.42. The van der Waals surface area contributed by atoms with Gasteiger partial charge in [-0.1, -0.05) is 43.5 Å². The predicted octanol–water partition coefficient (Wildman–Crippen LogP) is 5.43. The first-order valence-electron chi connectivity index (χ1n) is 11.7. The summed E-state index contributed by atoms with van der Waals surface area (Å²) >= 11 is 0. The lowest BCUT2D eigenvalue weighted by atomic mass is 9.94. The maximum Gasteiger partial charge on any atom is 0.358 e. The third-order valence-corrected chi connectivity index (χ3v) is 6.42. The summed E-state index contributed by atoms with van der Waals surface area (Å²) < 4.78 is 6.91. The van der Waals surface area contributed by atoms with Crippen LogP contribution in [0.2, 0.25) is 0 Å². The third kappa shape index (κ3) is 4.85. The number of amides is 1. The van der Waals surface area contributed by atoms with Crippen molar-refractivity contribution in [3.63, 3.8) is 0 Å². The molecule has 1 aliphatic rings. The van der Waals surface area contributed by atoms with E-state index >= 15 is 0 Å². The van der Waals surface area contributed by atoms with Gasteiger partial charge in [0.15, 0.2) is 5.69 Å². The van der Waals surface area contributed by atoms with Crippen LogP contribution in [-0.2, 0) is 4.74 Å². The number of rotatable bonds is 6. The van der Waals surface area contributed by atoms with E-state index in [9.17, 15) is 9.59 Å². The van der Waals surface area contributed by atoms with Crippen LogP contribution >= 0.6 is 0 Å². The lowest BCUT2D eigenvalue weighted by molar-refractivity contribution is 0.0518. The van der Waals surface area contributed by atoms with Gasteiger partial charge in [0.25, 0.3) is 5.91 Å². The van der Waals surface area contributed by atoms with Gasteiger partial charge in [-0.25, -0.2) is 9.48 Å². The van der Waals surface area contributed by atoms with Gasteiger partial charge >= 0.3 is 5.97 Å². The van der Waals surface area contributed by atoms with E-state index in [0.717, 1.165) is 35.3 Å². The molecule has 1 saturated carbocycles. The smallest absolute Gasteiger partial charge is 0.358 e. The van der Waals surface area contributed by atoms with Gasteiger partial charge in [-0.05, 0) is 62.6 Å². The van der Waals surface area contributed by atoms with Crippen molar-refractivity contribution in [2.75, 3.05) is 13.7 Å². The molecule has 0 aliphatic heterocycles. The Morgan fingerprint density at radius 1 is 1.06 bits per heavy atom. The predicted molar refractivity (Wildman–Crippen MR) is 129 cm³/mol. The number of aromatic nitrogens is 2. The Kier molecular flexibility index (Phi) is 6.92. The van der Waals surface area contributed by atoms with Crippen LogP contribution in [0.1, 0.15) is 65.4 Å². The van der Waals surface area contributed by atoms with E-state index in [-0.39, 0.29) is 18.2 Å². The second-order valence-corrected chi connectivity index (χ2v) is 8.62. The van der Waals surface area contributed by atoms with Crippen LogP contribution in [0.25, 0.3) is 16.9 Å². The molecule has 0 N–H and O–H groups in total. The fourth-order valence-corrected chi connectivity index (χ4v) is 4.52. The summed E-state index contributed by atoms with van der Waals surface area (Å²) in [4.78, 5) is 27.3. The van der Waals surface area contributed by atoms with E-state index < -0.39 is 5.97 Å². The normalized spacial score (nSPS) is 14.2. The van der Waals surface area contributed by atoms with Crippen LogP contribution in [0, 0.1) is 6.92 Å². The monoisotopic (exact) mass is 445 g/mol. The van der Waals surface area contributed by atoms with Crippen molar-refractivity contribution < 1.29 is 14.3 Å². The maximum absolute atomic E-state index is 13.0. The van der Waals surface area contributed by atoms with Crippen LogP contribution in [0.4, 0.5) is 0 Å². The largest absolute Gasteiger partial charge is 0.461 e. The topological polar surface area (TPSA) is 64.4 Å². The summed E-state index contributed by atoms with van der Waals surface area (Å²) in [6.45, 7) is 4.09. The molecule has 1 amide bonds. The number of aryl methyl sites for hydroxylation is 1. The van der Waals surface area contributed by atoms with Crippen molar-refractivity contribution >= 4 is 11.9 Å². The quantitative estimate of drug-likeness (QED) is 0.475. The second-order valence-electron chi connectivity index (χ2n) is 8.62. The maximum atomic E-state index is 13.0. The zero-order chi connectivity index (χ0) is 23.4. The Hall–Kier alpha value is -3.41. The lowest BCUT2D eigenvalue weighted by Gasteiger charge is -2.31. The molecule has 1 aliphatic carbocycles. The molecule has 0 radical (unpaired) electrons. The fourth-order valence-electron chi connectivity index (χ4n) is 4.52. The molecule has 1 aromatic heterocycles. The summed E-state index contributed by atoms with van der Waals surface area (Å²) in [5.74, 6) is -0.410. The van der Waals surface area contributed by atoms with Crippen molar-refractivity contribution in [1.29, 1.82) is 0 Å². The fraction of sp³-hybridized carbons (Fsp3) is 0.370. The molecule has 0 bridgehead atoms. The van der Waals surface area contributed by atoms with Crippen molar-refractivity contribution in [3.05, 3.63) is 71.4 Å². The van der Waals surface area contributed by atoms with Gasteiger partial charge in [0.1, 0.15) is 0 Å². The molecule has 6 nitrogen and oxygen atoms in total. The zero-order valence-electron chi connectivity index (χ0n) is 19.6. The highest BCUT2D eigenvalue weighted by molar-refractivity contribution is 5.94. The van der Waals surface area contributed by atoms with Gasteiger partial charge in [-0.3, -0.25) is 4.79 Å². The van der Waals surface area contributed by atoms with Gasteiger partial charge in [0.05, 0.1) is 18.0 Å². The molecule has 4 rings (SSSR count). The van der Waals surface area contributed by atoms with E-state index in [0.29, 0.717) is 11.6 Å². The molecular weight excluding hydrogens is 414 g/mol. The summed E-state index contributed by atoms with van der Waals surface area (Å²) in [5.41, 5.74) is 4.55. The lowest BCUT2D eigenvalue weighted by Crippen LogP contribution is -2.38. The number of benzene rings is 2. The Labute approximate surface area is 195 Å². The van der Waals surface area contributed by atoms with Gasteiger partial charge in [0, 0.05) is 24.2 Å². The van der Waals surface area contributed by atoms with E-state index in [2.05, 4.69) is 5.10 Å². The molecule has 0 spiro atoms. The molecule has 0 unspecified atom stereocenters. The van der Waals surface area contributed by atoms with Crippen LogP contribution in [0.3, 0.4) is 0 Å². The van der Waals surface area contributed by atoms with E-state index in [1.165, 1.54) is 19.3 Å². The second kappa shape index (κ2) is 10.0. The molecule has 33 heavy (non-hydrogen) atoms. The number of hydrogen-bond donors (Lipinski definition) is 0. The van der Waals surface area contributed by atoms with Gasteiger partial charge in [-0.15, -0.1) is 0 Å². The first-order valence-corrected chi connectivity index (χ1v) is 11.7. The van der Waals surface area contributed by atoms with Crippen LogP contribution in [0.15, 0.2) is 54.6 Å². The zero-order valence-corrected chi connectivity index (χ0v) is 19.6. The Balaban J connectivity index is 1.66. The van der Waals surface area contributed by atoms with Crippen molar-refractivity contribution in [3.8, 4) is 16.9 Å². The standard InChI is InChI=1S/C27H31N3O3/c1-4-33-27(32)24-18-25(23-13-9-8-10-19(23)2)30(28-24)22-16-14-20(15-17-22)26(31)29(3)21-11-6-5-7-12-21/h8-10,13-18,21H,4-7,11-12H2,1-3H3. The molecule has 0 atom stereocenters. The van der Waals surface area contributed by atoms with Crippen LogP contribution in [0.5, 0.6) is 0 Å². The SMILES string of the molecule is CCOC(=O)c1cc(-c2ccccc2C)n(-c2ccc(C(=O)N(C)C3CCCCC3)cc2)n1. The number of nitrogens with zero attached hydrogens (tertiary/aromatic N) is 3. The summed E-state index contributed by atoms with van der Waals surface area (Å²) in [6.07, 6.45) is 5.78. The molecule has 172 valence electrons. The number of hydrogen-bond acceptors (Lipinski definition) is 4. The minimum absolute atomic E-state index is 0.0419. The number of carbonyl (C=O) groups is 2. The summed E-state index contributed by atoms with van der Waals surface area (Å²) in [6, 6.07) is 17.5. The van der Waals surface area contributed by atoms with Crippen molar-refractivity contribution in [2.45, 2.75) is 52.0 Å². The molecule has 1 heterocycles. The molecule has 6 heteroatoms. The average Bonchev–Trinajstić information content (AvgIpc) is 3.29. The molecule has 1 fully saturated rings. The number of carbonyl (C=O) groups excluding carboxylic acids is 2. The van der Waals surface area contributed by atoms with Gasteiger partial charge in [0.2, 0.25) is 0 Å². The van der Waals surface area contributed by atoms with E-state index in [4.69, 9.17) is 4.74 Å². The van der Waals surface area contributed by atoms with E-state index in [1.54, 1.807) is 17.7 Å². The molecule has 0 saturated heterocycles. The number of esters is 1. The highest BCUT2D eigenvalue weighted by Crippen LogP contribution is 2.28. The first kappa shape index (κ1) is 22.8. The molecular formula is C27H31N3O3. The van der Waals surface area contributed by atoms with E-state index in [1.807, 2.05) is 67.4 Å². The summed E-state index contributed by atoms with van der Waals surface area (Å²) in [5, 5.41) is 4.55. The highest BCUT2D eigenvalue weighted by Gasteiger charge is 2.23. The number of ether oxygens (including phenoxy) is 1. The van der Waals surface area contributed by atoms with Crippen molar-refractivity contribution in [2.24, 2.45) is 0 Å². The minimum Gasteiger partial charge on any atom is -0.461 e. The van der Waals surface area contributed by atoms with Crippen molar-refractivity contribution in [1.82, 2.24) is 14.7 Å². The van der Waals surface area contributed by atoms with Gasteiger partial charge < -0.3 is 9.64 Å². The summed E-state index contributed by atoms with van der Waals surface area (Å²) in [7, 11) is 1.90. The first-order chi connectivity index (χ1) is 16.0. The molecule has 2 aromatic carbocycles. The van der Waals surface area contributed by atoms with Crippen LogP contribution < -0.4 is 0 Å². The van der Waals surface area contributed by atoms with Crippen LogP contribution in [-0.4, -0.2) is 46.3 Å². The van der Waals surface area contributed by atoms with Gasteiger partial charge in [-0.2, -0.15) is 5.10 Å². The Morgan fingerprint density at radius 3 is 2.42 bits per heavy atom. The Morgan fingerprint density at radius 2 is 1.76 bits per heavy atom. The Bertz CT molecular complexity index is 1130. The minimum atomic E-state index is -0.452.